The van der Waals surface area contributed by atoms with Crippen LogP contribution in [0.4, 0.5) is 10.1 Å². The molecule has 0 aliphatic carbocycles. The van der Waals surface area contributed by atoms with Gasteiger partial charge in [-0.2, -0.15) is 0 Å². The smallest absolute Gasteiger partial charge is 0.266 e. The second-order valence-corrected chi connectivity index (χ2v) is 7.21. The van der Waals surface area contributed by atoms with Crippen molar-refractivity contribution in [3.05, 3.63) is 65.2 Å². The summed E-state index contributed by atoms with van der Waals surface area (Å²) in [4.78, 5) is 21.9. The Morgan fingerprint density at radius 1 is 1.08 bits per heavy atom. The average molecular weight is 370 g/mol. The van der Waals surface area contributed by atoms with Crippen LogP contribution in [0.3, 0.4) is 0 Å². The maximum atomic E-state index is 14.0. The number of carbonyl (C=O) groups is 1. The molecule has 4 rings (SSSR count). The molecule has 26 heavy (non-hydrogen) atoms. The Balaban J connectivity index is 1.47. The number of aryl methyl sites for hydroxylation is 1. The summed E-state index contributed by atoms with van der Waals surface area (Å²) in [6, 6.07) is 10.6. The molecule has 5 nitrogen and oxygen atoms in total. The van der Waals surface area contributed by atoms with Gasteiger partial charge in [0.25, 0.3) is 5.91 Å². The Morgan fingerprint density at radius 3 is 2.46 bits per heavy atom. The van der Waals surface area contributed by atoms with Crippen LogP contribution < -0.4 is 4.90 Å². The molecule has 1 aromatic carbocycles. The normalized spacial score (nSPS) is 14.7. The molecule has 0 spiro atoms. The molecule has 0 unspecified atom stereocenters. The molecule has 3 aromatic rings. The molecule has 134 valence electrons. The van der Waals surface area contributed by atoms with E-state index in [2.05, 4.69) is 4.98 Å². The molecular formula is C19H19FN4OS. The lowest BCUT2D eigenvalue weighted by atomic mass is 10.2. The van der Waals surface area contributed by atoms with Crippen molar-refractivity contribution in [1.29, 1.82) is 0 Å². The van der Waals surface area contributed by atoms with Crippen LogP contribution in [-0.4, -0.2) is 46.5 Å². The van der Waals surface area contributed by atoms with Gasteiger partial charge >= 0.3 is 0 Å². The number of aromatic nitrogens is 2. The van der Waals surface area contributed by atoms with Gasteiger partial charge in [0.15, 0.2) is 5.13 Å². The first-order chi connectivity index (χ1) is 12.6. The van der Waals surface area contributed by atoms with E-state index in [4.69, 9.17) is 0 Å². The number of carbonyl (C=O) groups excluding carboxylic acids is 1. The van der Waals surface area contributed by atoms with E-state index in [9.17, 15) is 9.18 Å². The summed E-state index contributed by atoms with van der Waals surface area (Å²) in [6.07, 6.45) is 3.83. The van der Waals surface area contributed by atoms with E-state index >= 15 is 0 Å². The minimum atomic E-state index is -0.220. The van der Waals surface area contributed by atoms with Crippen LogP contribution in [0.2, 0.25) is 0 Å². The van der Waals surface area contributed by atoms with Gasteiger partial charge in [0, 0.05) is 38.6 Å². The second-order valence-electron chi connectivity index (χ2n) is 6.23. The number of amides is 1. The third-order valence-electron chi connectivity index (χ3n) is 4.56. The van der Waals surface area contributed by atoms with Crippen LogP contribution in [0.15, 0.2) is 48.8 Å². The summed E-state index contributed by atoms with van der Waals surface area (Å²) in [5, 5.41) is 0.792. The summed E-state index contributed by atoms with van der Waals surface area (Å²) in [7, 11) is 0. The number of anilines is 1. The van der Waals surface area contributed by atoms with Crippen molar-refractivity contribution in [3.63, 3.8) is 0 Å². The Hall–Kier alpha value is -2.67. The maximum Gasteiger partial charge on any atom is 0.266 e. The van der Waals surface area contributed by atoms with Crippen LogP contribution in [0.1, 0.15) is 15.4 Å². The summed E-state index contributed by atoms with van der Waals surface area (Å²) in [5.74, 6) is -0.214. The number of piperazine rings is 1. The van der Waals surface area contributed by atoms with Crippen LogP contribution in [0.5, 0.6) is 0 Å². The molecule has 0 N–H and O–H groups in total. The Labute approximate surface area is 155 Å². The zero-order valence-corrected chi connectivity index (χ0v) is 15.2. The molecule has 0 bridgehead atoms. The van der Waals surface area contributed by atoms with E-state index in [1.165, 1.54) is 17.4 Å². The Kier molecular flexibility index (Phi) is 4.46. The fraction of sp³-hybridized carbons (Fsp3) is 0.263. The van der Waals surface area contributed by atoms with E-state index in [-0.39, 0.29) is 11.7 Å². The van der Waals surface area contributed by atoms with E-state index < -0.39 is 0 Å². The van der Waals surface area contributed by atoms with Gasteiger partial charge in [0.1, 0.15) is 10.7 Å². The van der Waals surface area contributed by atoms with Crippen LogP contribution in [0.25, 0.3) is 5.13 Å². The highest BCUT2D eigenvalue weighted by molar-refractivity contribution is 7.16. The van der Waals surface area contributed by atoms with Crippen LogP contribution in [0, 0.1) is 12.7 Å². The molecule has 0 saturated carbocycles. The minimum Gasteiger partial charge on any atom is -0.366 e. The van der Waals surface area contributed by atoms with Gasteiger partial charge in [0.05, 0.1) is 11.4 Å². The maximum absolute atomic E-state index is 14.0. The number of thiazole rings is 1. The number of para-hydroxylation sites is 1. The highest BCUT2D eigenvalue weighted by Gasteiger charge is 2.26. The third kappa shape index (κ3) is 3.10. The first-order valence-electron chi connectivity index (χ1n) is 8.53. The number of hydrogen-bond donors (Lipinski definition) is 0. The number of rotatable bonds is 3. The highest BCUT2D eigenvalue weighted by Crippen LogP contribution is 2.25. The molecular weight excluding hydrogens is 351 g/mol. The standard InChI is InChI=1S/C19H19FN4OS/c1-14-17(26-19(21-14)24-8-4-5-9-24)18(25)23-12-10-22(11-13-23)16-7-3-2-6-15(16)20/h2-9H,10-13H2,1H3. The summed E-state index contributed by atoms with van der Waals surface area (Å²) in [5.41, 5.74) is 1.35. The van der Waals surface area contributed by atoms with Crippen molar-refractivity contribution >= 4 is 22.9 Å². The lowest BCUT2D eigenvalue weighted by Crippen LogP contribution is -2.49. The largest absolute Gasteiger partial charge is 0.366 e. The first-order valence-corrected chi connectivity index (χ1v) is 9.34. The summed E-state index contributed by atoms with van der Waals surface area (Å²) >= 11 is 1.41. The molecule has 1 aliphatic heterocycles. The fourth-order valence-electron chi connectivity index (χ4n) is 3.16. The fourth-order valence-corrected chi connectivity index (χ4v) is 4.16. The van der Waals surface area contributed by atoms with Crippen LogP contribution in [-0.2, 0) is 0 Å². The lowest BCUT2D eigenvalue weighted by Gasteiger charge is -2.36. The molecule has 1 fully saturated rings. The van der Waals surface area contributed by atoms with Crippen molar-refractivity contribution in [2.24, 2.45) is 0 Å². The van der Waals surface area contributed by atoms with Gasteiger partial charge < -0.3 is 14.4 Å². The van der Waals surface area contributed by atoms with Crippen molar-refractivity contribution in [2.45, 2.75) is 6.92 Å². The average Bonchev–Trinajstić information content (AvgIpc) is 3.31. The first kappa shape index (κ1) is 16.8. The van der Waals surface area contributed by atoms with Gasteiger partial charge in [0.2, 0.25) is 0 Å². The Bertz CT molecular complexity index is 914. The van der Waals surface area contributed by atoms with Crippen molar-refractivity contribution in [2.75, 3.05) is 31.1 Å². The Morgan fingerprint density at radius 2 is 1.77 bits per heavy atom. The summed E-state index contributed by atoms with van der Waals surface area (Å²) in [6.45, 7) is 4.25. The molecule has 3 heterocycles. The molecule has 0 atom stereocenters. The number of nitrogens with zero attached hydrogens (tertiary/aromatic N) is 4. The quantitative estimate of drug-likeness (QED) is 0.710. The summed E-state index contributed by atoms with van der Waals surface area (Å²) < 4.78 is 15.9. The van der Waals surface area contributed by atoms with Crippen LogP contribution >= 0.6 is 11.3 Å². The van der Waals surface area contributed by atoms with Gasteiger partial charge in [-0.1, -0.05) is 23.5 Å². The van der Waals surface area contributed by atoms with Gasteiger partial charge in [-0.3, -0.25) is 4.79 Å². The molecule has 0 radical (unpaired) electrons. The number of hydrogen-bond acceptors (Lipinski definition) is 4. The molecule has 7 heteroatoms. The molecule has 1 amide bonds. The minimum absolute atomic E-state index is 0.00610. The number of halogens is 1. The zero-order valence-electron chi connectivity index (χ0n) is 14.4. The van der Waals surface area contributed by atoms with Gasteiger partial charge in [-0.25, -0.2) is 9.37 Å². The predicted octanol–water partition coefficient (Wildman–Crippen LogP) is 3.34. The molecule has 1 aliphatic rings. The second kappa shape index (κ2) is 6.92. The predicted molar refractivity (Wildman–Crippen MR) is 101 cm³/mol. The van der Waals surface area contributed by atoms with Gasteiger partial charge in [-0.15, -0.1) is 0 Å². The molecule has 2 aromatic heterocycles. The van der Waals surface area contributed by atoms with E-state index in [1.54, 1.807) is 12.1 Å². The monoisotopic (exact) mass is 370 g/mol. The van der Waals surface area contributed by atoms with Crippen molar-refractivity contribution < 1.29 is 9.18 Å². The zero-order chi connectivity index (χ0) is 18.1. The van der Waals surface area contributed by atoms with Crippen molar-refractivity contribution in [3.8, 4) is 5.13 Å². The molecule has 1 saturated heterocycles. The highest BCUT2D eigenvalue weighted by atomic mass is 32.1. The topological polar surface area (TPSA) is 41.4 Å². The van der Waals surface area contributed by atoms with E-state index in [1.807, 2.05) is 51.9 Å². The third-order valence-corrected chi connectivity index (χ3v) is 5.72. The van der Waals surface area contributed by atoms with E-state index in [0.717, 1.165) is 10.8 Å². The van der Waals surface area contributed by atoms with Crippen molar-refractivity contribution in [1.82, 2.24) is 14.5 Å². The SMILES string of the molecule is Cc1nc(-n2cccc2)sc1C(=O)N1CCN(c2ccccc2F)CC1. The lowest BCUT2D eigenvalue weighted by molar-refractivity contribution is 0.0750. The van der Waals surface area contributed by atoms with E-state index in [0.29, 0.717) is 36.7 Å². The number of benzene rings is 1. The van der Waals surface area contributed by atoms with Gasteiger partial charge in [-0.05, 0) is 31.2 Å².